The largest absolute Gasteiger partial charge is 0.457 e. The van der Waals surface area contributed by atoms with Crippen molar-refractivity contribution >= 4 is 50.8 Å². The molecular weight excluding hydrogens is 667 g/mol. The van der Waals surface area contributed by atoms with Gasteiger partial charge in [0, 0.05) is 54.8 Å². The lowest BCUT2D eigenvalue weighted by atomic mass is 9.63. The van der Waals surface area contributed by atoms with Gasteiger partial charge in [0.15, 0.2) is 0 Å². The summed E-state index contributed by atoms with van der Waals surface area (Å²) in [6.07, 6.45) is 0. The number of para-hydroxylation sites is 2. The highest BCUT2D eigenvalue weighted by Gasteiger charge is 2.49. The van der Waals surface area contributed by atoms with E-state index in [-0.39, 0.29) is 0 Å². The number of ether oxygens (including phenoxy) is 1. The van der Waals surface area contributed by atoms with E-state index in [1.807, 2.05) is 17.8 Å². The normalized spacial score (nSPS) is 13.5. The Morgan fingerprint density at radius 2 is 0.962 bits per heavy atom. The number of fused-ring (bicyclic) bond motifs is 11. The Hall–Kier alpha value is -6.49. The summed E-state index contributed by atoms with van der Waals surface area (Å²) in [5.74, 6) is 1.74. The van der Waals surface area contributed by atoms with E-state index in [1.165, 1.54) is 26.5 Å². The second kappa shape index (κ2) is 11.8. The van der Waals surface area contributed by atoms with Crippen molar-refractivity contribution in [3.63, 3.8) is 0 Å². The lowest BCUT2D eigenvalue weighted by molar-refractivity contribution is 0.431. The van der Waals surface area contributed by atoms with E-state index >= 15 is 0 Å². The van der Waals surface area contributed by atoms with Gasteiger partial charge in [-0.3, -0.25) is 0 Å². The Morgan fingerprint density at radius 3 is 1.72 bits per heavy atom. The first-order valence-corrected chi connectivity index (χ1v) is 18.7. The Kier molecular flexibility index (Phi) is 6.70. The number of furan rings is 1. The third-order valence-electron chi connectivity index (χ3n) is 10.8. The Bertz CT molecular complexity index is 2760. The first-order chi connectivity index (χ1) is 26.3. The van der Waals surface area contributed by atoms with Crippen molar-refractivity contribution in [3.8, 4) is 22.6 Å². The highest BCUT2D eigenvalue weighted by Crippen LogP contribution is 2.62. The predicted octanol–water partition coefficient (Wildman–Crippen LogP) is 13.7. The fourth-order valence-corrected chi connectivity index (χ4v) is 9.67. The van der Waals surface area contributed by atoms with Gasteiger partial charge in [-0.1, -0.05) is 121 Å². The molecule has 0 amide bonds. The number of hydrogen-bond donors (Lipinski definition) is 0. The van der Waals surface area contributed by atoms with Crippen molar-refractivity contribution in [3.05, 3.63) is 210 Å². The first-order valence-electron chi connectivity index (χ1n) is 17.9. The van der Waals surface area contributed by atoms with E-state index < -0.39 is 5.41 Å². The van der Waals surface area contributed by atoms with Gasteiger partial charge in [0.05, 0.1) is 5.41 Å². The summed E-state index contributed by atoms with van der Waals surface area (Å²) in [7, 11) is 0. The highest BCUT2D eigenvalue weighted by atomic mass is 32.2. The Morgan fingerprint density at radius 1 is 0.396 bits per heavy atom. The number of benzene rings is 8. The van der Waals surface area contributed by atoms with Gasteiger partial charge in [-0.05, 0) is 95.1 Å². The van der Waals surface area contributed by atoms with Crippen LogP contribution in [0.5, 0.6) is 11.5 Å². The number of anilines is 3. The van der Waals surface area contributed by atoms with Gasteiger partial charge in [-0.2, -0.15) is 0 Å². The smallest absolute Gasteiger partial charge is 0.137 e. The van der Waals surface area contributed by atoms with Crippen molar-refractivity contribution in [2.24, 2.45) is 0 Å². The summed E-state index contributed by atoms with van der Waals surface area (Å²) in [5.41, 5.74) is 11.4. The molecule has 9 aromatic rings. The van der Waals surface area contributed by atoms with Gasteiger partial charge in [0.25, 0.3) is 0 Å². The second-order valence-corrected chi connectivity index (χ2v) is 14.7. The van der Waals surface area contributed by atoms with E-state index in [4.69, 9.17) is 9.15 Å². The summed E-state index contributed by atoms with van der Waals surface area (Å²) >= 11 is 1.84. The topological polar surface area (TPSA) is 25.6 Å². The van der Waals surface area contributed by atoms with E-state index in [0.29, 0.717) is 0 Å². The van der Waals surface area contributed by atoms with Crippen LogP contribution >= 0.6 is 11.8 Å². The quantitative estimate of drug-likeness (QED) is 0.183. The van der Waals surface area contributed by atoms with Crippen LogP contribution in [-0.2, 0) is 5.41 Å². The fraction of sp³-hybridized carbons (Fsp3) is 0.0204. The first kappa shape index (κ1) is 30.2. The van der Waals surface area contributed by atoms with Crippen molar-refractivity contribution < 1.29 is 9.15 Å². The fourth-order valence-electron chi connectivity index (χ4n) is 8.48. The van der Waals surface area contributed by atoms with Crippen LogP contribution in [0, 0.1) is 0 Å². The van der Waals surface area contributed by atoms with Crippen LogP contribution in [0.25, 0.3) is 33.1 Å². The maximum atomic E-state index is 6.77. The van der Waals surface area contributed by atoms with Crippen LogP contribution in [0.2, 0.25) is 0 Å². The van der Waals surface area contributed by atoms with Crippen LogP contribution < -0.4 is 9.64 Å². The van der Waals surface area contributed by atoms with Crippen molar-refractivity contribution in [1.29, 1.82) is 0 Å². The molecule has 0 fully saturated rings. The second-order valence-electron chi connectivity index (χ2n) is 13.7. The van der Waals surface area contributed by atoms with Crippen molar-refractivity contribution in [2.75, 3.05) is 4.90 Å². The molecule has 0 N–H and O–H groups in total. The van der Waals surface area contributed by atoms with Crippen LogP contribution in [0.4, 0.5) is 17.1 Å². The molecule has 3 heterocycles. The van der Waals surface area contributed by atoms with E-state index in [9.17, 15) is 0 Å². The molecule has 11 rings (SSSR count). The minimum absolute atomic E-state index is 0.583. The molecule has 4 heteroatoms. The number of hydrogen-bond acceptors (Lipinski definition) is 4. The lowest BCUT2D eigenvalue weighted by Crippen LogP contribution is -2.36. The molecule has 0 saturated carbocycles. The van der Waals surface area contributed by atoms with Crippen LogP contribution in [0.1, 0.15) is 22.3 Å². The van der Waals surface area contributed by atoms with Gasteiger partial charge in [-0.15, -0.1) is 0 Å². The molecule has 0 aliphatic carbocycles. The lowest BCUT2D eigenvalue weighted by Gasteiger charge is -2.45. The number of rotatable bonds is 4. The molecule has 0 bridgehead atoms. The summed E-state index contributed by atoms with van der Waals surface area (Å²) < 4.78 is 13.4. The van der Waals surface area contributed by atoms with Crippen LogP contribution in [0.3, 0.4) is 0 Å². The number of nitrogens with zero attached hydrogens (tertiary/aromatic N) is 1. The molecule has 53 heavy (non-hydrogen) atoms. The SMILES string of the molecule is c1ccc(-c2ccc3c(c2)oc2cc(N(c4ccccc4)c4ccc5c(c4)C4(c6ccccc6O5)c5ccccc5Sc5ccccc54)ccc23)cc1. The minimum atomic E-state index is -0.583. The highest BCUT2D eigenvalue weighted by molar-refractivity contribution is 7.99. The third-order valence-corrected chi connectivity index (χ3v) is 11.9. The van der Waals surface area contributed by atoms with Crippen LogP contribution in [-0.4, -0.2) is 0 Å². The molecular formula is C49H31NO2S. The van der Waals surface area contributed by atoms with Crippen LogP contribution in [0.15, 0.2) is 202 Å². The minimum Gasteiger partial charge on any atom is -0.457 e. The average molecular weight is 698 g/mol. The molecule has 8 aromatic carbocycles. The molecule has 1 spiro atoms. The van der Waals surface area contributed by atoms with Gasteiger partial charge in [-0.25, -0.2) is 0 Å². The molecule has 2 aliphatic heterocycles. The summed E-state index contributed by atoms with van der Waals surface area (Å²) in [6.45, 7) is 0. The average Bonchev–Trinajstić information content (AvgIpc) is 3.59. The molecule has 1 aromatic heterocycles. The van der Waals surface area contributed by atoms with Gasteiger partial charge in [0.2, 0.25) is 0 Å². The van der Waals surface area contributed by atoms with E-state index in [2.05, 4.69) is 187 Å². The molecule has 2 aliphatic rings. The zero-order valence-electron chi connectivity index (χ0n) is 28.6. The Balaban J connectivity index is 1.13. The zero-order valence-corrected chi connectivity index (χ0v) is 29.4. The Labute approximate surface area is 311 Å². The molecule has 3 nitrogen and oxygen atoms in total. The van der Waals surface area contributed by atoms with E-state index in [0.717, 1.165) is 67.2 Å². The molecule has 0 saturated heterocycles. The summed E-state index contributed by atoms with van der Waals surface area (Å²) in [6, 6.07) is 67.0. The van der Waals surface area contributed by atoms with E-state index in [1.54, 1.807) is 0 Å². The molecule has 0 radical (unpaired) electrons. The van der Waals surface area contributed by atoms with Gasteiger partial charge < -0.3 is 14.1 Å². The molecule has 0 atom stereocenters. The standard InChI is InChI=1S/C49H31NO2S/c1-3-13-32(14-4-1)33-23-26-37-38-27-24-36(31-46(38)52-45(37)29-33)50(34-15-5-2-6-16-34)35-25-28-44-42(30-35)49(39-17-7-10-20-43(39)51-44)40-18-8-11-21-47(40)53-48-22-12-9-19-41(48)49/h1-31H. The predicted molar refractivity (Wildman–Crippen MR) is 216 cm³/mol. The van der Waals surface area contributed by atoms with Crippen molar-refractivity contribution in [2.45, 2.75) is 15.2 Å². The van der Waals surface area contributed by atoms with Gasteiger partial charge in [0.1, 0.15) is 22.7 Å². The molecule has 0 unspecified atom stereocenters. The van der Waals surface area contributed by atoms with Gasteiger partial charge >= 0.3 is 0 Å². The summed E-state index contributed by atoms with van der Waals surface area (Å²) in [4.78, 5) is 4.83. The summed E-state index contributed by atoms with van der Waals surface area (Å²) in [5, 5.41) is 2.20. The van der Waals surface area contributed by atoms with Crippen molar-refractivity contribution in [1.82, 2.24) is 0 Å². The maximum absolute atomic E-state index is 6.77. The maximum Gasteiger partial charge on any atom is 0.137 e. The third kappa shape index (κ3) is 4.56. The monoisotopic (exact) mass is 697 g/mol. The molecule has 250 valence electrons. The zero-order chi connectivity index (χ0) is 34.9.